The smallest absolute Gasteiger partial charge is 0.216 e. The Hall–Kier alpha value is -2.37. The van der Waals surface area contributed by atoms with Gasteiger partial charge in [-0.1, -0.05) is 0 Å². The van der Waals surface area contributed by atoms with E-state index < -0.39 is 17.4 Å². The molecule has 2 aromatic rings. The molecule has 1 aromatic heterocycles. The Balaban J connectivity index is 2.26. The third kappa shape index (κ3) is 2.96. The Labute approximate surface area is 114 Å². The van der Waals surface area contributed by atoms with Gasteiger partial charge in [-0.15, -0.1) is 0 Å². The van der Waals surface area contributed by atoms with Crippen LogP contribution in [0, 0.1) is 18.6 Å². The molecule has 0 saturated carbocycles. The number of nitrogens with zero attached hydrogens (tertiary/aromatic N) is 2. The molecule has 0 atom stereocenters. The molecule has 0 aliphatic heterocycles. The minimum atomic E-state index is -0.876. The van der Waals surface area contributed by atoms with Crippen molar-refractivity contribution in [3.63, 3.8) is 0 Å². The summed E-state index contributed by atoms with van der Waals surface area (Å²) in [5.41, 5.74) is 0.472. The van der Waals surface area contributed by atoms with E-state index in [2.05, 4.69) is 9.97 Å². The molecule has 6 heteroatoms. The fourth-order valence-corrected chi connectivity index (χ4v) is 1.72. The maximum atomic E-state index is 13.6. The van der Waals surface area contributed by atoms with E-state index in [9.17, 15) is 13.6 Å². The first-order chi connectivity index (χ1) is 9.51. The van der Waals surface area contributed by atoms with E-state index in [0.29, 0.717) is 17.6 Å². The second-order valence-corrected chi connectivity index (χ2v) is 4.23. The van der Waals surface area contributed by atoms with Crippen molar-refractivity contribution in [2.45, 2.75) is 13.3 Å². The fraction of sp³-hybridized carbons (Fsp3) is 0.214. The molecule has 1 aromatic carbocycles. The van der Waals surface area contributed by atoms with Crippen molar-refractivity contribution in [2.24, 2.45) is 0 Å². The highest BCUT2D eigenvalue weighted by atomic mass is 19.1. The van der Waals surface area contributed by atoms with Crippen LogP contribution in [-0.2, 0) is 6.42 Å². The summed E-state index contributed by atoms with van der Waals surface area (Å²) in [7, 11) is 1.44. The van der Waals surface area contributed by atoms with Crippen molar-refractivity contribution in [3.8, 4) is 5.88 Å². The van der Waals surface area contributed by atoms with Gasteiger partial charge in [0.2, 0.25) is 5.88 Å². The standard InChI is InChI=1S/C14H12F2N2O2/c1-8-3-10(12(16)6-11(8)15)13(19)4-9-5-14(20-2)18-7-17-9/h3,5-7H,4H2,1-2H3. The summed E-state index contributed by atoms with van der Waals surface area (Å²) in [6.07, 6.45) is 1.15. The van der Waals surface area contributed by atoms with Gasteiger partial charge in [0.25, 0.3) is 0 Å². The molecule has 0 unspecified atom stereocenters. The number of methoxy groups -OCH3 is 1. The summed E-state index contributed by atoms with van der Waals surface area (Å²) < 4.78 is 31.7. The first-order valence-corrected chi connectivity index (χ1v) is 5.85. The van der Waals surface area contributed by atoms with Gasteiger partial charge in [0.1, 0.15) is 18.0 Å². The molecule has 0 aliphatic carbocycles. The average molecular weight is 278 g/mol. The van der Waals surface area contributed by atoms with E-state index in [1.54, 1.807) is 0 Å². The van der Waals surface area contributed by atoms with Crippen LogP contribution in [-0.4, -0.2) is 22.9 Å². The topological polar surface area (TPSA) is 52.1 Å². The molecule has 1 heterocycles. The van der Waals surface area contributed by atoms with E-state index >= 15 is 0 Å². The summed E-state index contributed by atoms with van der Waals surface area (Å²) in [5.74, 6) is -1.72. The van der Waals surface area contributed by atoms with Gasteiger partial charge in [0.05, 0.1) is 24.8 Å². The number of ether oxygens (including phenoxy) is 1. The van der Waals surface area contributed by atoms with Crippen LogP contribution in [0.5, 0.6) is 5.88 Å². The maximum Gasteiger partial charge on any atom is 0.216 e. The predicted molar refractivity (Wildman–Crippen MR) is 67.7 cm³/mol. The van der Waals surface area contributed by atoms with Gasteiger partial charge >= 0.3 is 0 Å². The number of ketones is 1. The van der Waals surface area contributed by atoms with Crippen LogP contribution in [0.2, 0.25) is 0 Å². The lowest BCUT2D eigenvalue weighted by Crippen LogP contribution is -2.09. The quantitative estimate of drug-likeness (QED) is 0.806. The first kappa shape index (κ1) is 14.0. The van der Waals surface area contributed by atoms with Crippen LogP contribution in [0.4, 0.5) is 8.78 Å². The Morgan fingerprint density at radius 1 is 1.20 bits per heavy atom. The molecule has 4 nitrogen and oxygen atoms in total. The molecule has 104 valence electrons. The molecule has 0 bridgehead atoms. The van der Waals surface area contributed by atoms with Gasteiger partial charge in [-0.2, -0.15) is 0 Å². The Bertz CT molecular complexity index is 660. The SMILES string of the molecule is COc1cc(CC(=O)c2cc(C)c(F)cc2F)ncn1. The molecular weight excluding hydrogens is 266 g/mol. The van der Waals surface area contributed by atoms with Gasteiger partial charge < -0.3 is 4.74 Å². The normalized spacial score (nSPS) is 10.4. The van der Waals surface area contributed by atoms with E-state index in [4.69, 9.17) is 4.74 Å². The molecule has 0 N–H and O–H groups in total. The van der Waals surface area contributed by atoms with E-state index in [-0.39, 0.29) is 17.5 Å². The van der Waals surface area contributed by atoms with E-state index in [1.165, 1.54) is 32.5 Å². The first-order valence-electron chi connectivity index (χ1n) is 5.85. The van der Waals surface area contributed by atoms with Crippen LogP contribution in [0.3, 0.4) is 0 Å². The highest BCUT2D eigenvalue weighted by Crippen LogP contribution is 2.17. The molecular formula is C14H12F2N2O2. The van der Waals surface area contributed by atoms with Gasteiger partial charge in [0, 0.05) is 12.1 Å². The summed E-state index contributed by atoms with van der Waals surface area (Å²) in [6, 6.07) is 3.40. The zero-order chi connectivity index (χ0) is 14.7. The van der Waals surface area contributed by atoms with Crippen LogP contribution >= 0.6 is 0 Å². The van der Waals surface area contributed by atoms with Crippen LogP contribution < -0.4 is 4.74 Å². The highest BCUT2D eigenvalue weighted by Gasteiger charge is 2.16. The highest BCUT2D eigenvalue weighted by molar-refractivity contribution is 5.97. The minimum absolute atomic E-state index is 0.110. The van der Waals surface area contributed by atoms with Gasteiger partial charge in [0.15, 0.2) is 5.78 Å². The Kier molecular flexibility index (Phi) is 4.02. The lowest BCUT2D eigenvalue weighted by Gasteiger charge is -2.05. The van der Waals surface area contributed by atoms with E-state index in [1.807, 2.05) is 0 Å². The summed E-state index contributed by atoms with van der Waals surface area (Å²) in [5, 5.41) is 0. The number of aryl methyl sites for hydroxylation is 1. The van der Waals surface area contributed by atoms with Crippen molar-refractivity contribution < 1.29 is 18.3 Å². The largest absolute Gasteiger partial charge is 0.481 e. The Morgan fingerprint density at radius 3 is 2.65 bits per heavy atom. The van der Waals surface area contributed by atoms with Gasteiger partial charge in [-0.05, 0) is 18.6 Å². The third-order valence-corrected chi connectivity index (χ3v) is 2.80. The molecule has 0 amide bonds. The van der Waals surface area contributed by atoms with Crippen molar-refractivity contribution in [2.75, 3.05) is 7.11 Å². The zero-order valence-corrected chi connectivity index (χ0v) is 11.0. The van der Waals surface area contributed by atoms with Crippen LogP contribution in [0.25, 0.3) is 0 Å². The molecule has 0 spiro atoms. The second-order valence-electron chi connectivity index (χ2n) is 4.23. The lowest BCUT2D eigenvalue weighted by molar-refractivity contribution is 0.0988. The third-order valence-electron chi connectivity index (χ3n) is 2.80. The molecule has 0 aliphatic rings. The molecule has 0 fully saturated rings. The number of aromatic nitrogens is 2. The number of benzene rings is 1. The fourth-order valence-electron chi connectivity index (χ4n) is 1.72. The Morgan fingerprint density at radius 2 is 1.95 bits per heavy atom. The zero-order valence-electron chi connectivity index (χ0n) is 11.0. The van der Waals surface area contributed by atoms with Crippen molar-refractivity contribution >= 4 is 5.78 Å². The second kappa shape index (κ2) is 5.73. The van der Waals surface area contributed by atoms with Crippen LogP contribution in [0.1, 0.15) is 21.6 Å². The number of Topliss-reactive ketones (excluding diaryl/α,β-unsaturated/α-hetero) is 1. The maximum absolute atomic E-state index is 13.6. The number of rotatable bonds is 4. The summed E-state index contributed by atoms with van der Waals surface area (Å²) in [6.45, 7) is 1.47. The van der Waals surface area contributed by atoms with Crippen molar-refractivity contribution in [1.82, 2.24) is 9.97 Å². The van der Waals surface area contributed by atoms with Crippen molar-refractivity contribution in [3.05, 3.63) is 53.0 Å². The monoisotopic (exact) mass is 278 g/mol. The number of carbonyl (C=O) groups is 1. The molecule has 0 saturated heterocycles. The van der Waals surface area contributed by atoms with Crippen LogP contribution in [0.15, 0.2) is 24.5 Å². The lowest BCUT2D eigenvalue weighted by atomic mass is 10.0. The summed E-state index contributed by atoms with van der Waals surface area (Å²) in [4.78, 5) is 19.8. The van der Waals surface area contributed by atoms with Gasteiger partial charge in [-0.3, -0.25) is 4.79 Å². The molecule has 2 rings (SSSR count). The number of carbonyl (C=O) groups excluding carboxylic acids is 1. The molecule has 0 radical (unpaired) electrons. The predicted octanol–water partition coefficient (Wildman–Crippen LogP) is 2.50. The van der Waals surface area contributed by atoms with Gasteiger partial charge in [-0.25, -0.2) is 18.7 Å². The number of hydrogen-bond donors (Lipinski definition) is 0. The average Bonchev–Trinajstić information content (AvgIpc) is 2.43. The number of halogens is 2. The van der Waals surface area contributed by atoms with E-state index in [0.717, 1.165) is 0 Å². The minimum Gasteiger partial charge on any atom is -0.481 e. The molecule has 20 heavy (non-hydrogen) atoms. The van der Waals surface area contributed by atoms with Crippen molar-refractivity contribution in [1.29, 1.82) is 0 Å². The summed E-state index contributed by atoms with van der Waals surface area (Å²) >= 11 is 0. The number of hydrogen-bond acceptors (Lipinski definition) is 4.